The molecule has 6 heteroatoms. The predicted octanol–water partition coefficient (Wildman–Crippen LogP) is 6.26. The number of primary amides is 1. The predicted molar refractivity (Wildman–Crippen MR) is 143 cm³/mol. The van der Waals surface area contributed by atoms with Crippen LogP contribution in [-0.4, -0.2) is 23.7 Å². The quantitative estimate of drug-likeness (QED) is 0.358. The molecule has 1 atom stereocenters. The summed E-state index contributed by atoms with van der Waals surface area (Å²) in [7, 11) is 0. The van der Waals surface area contributed by atoms with Crippen LogP contribution in [0.5, 0.6) is 5.75 Å². The van der Waals surface area contributed by atoms with Gasteiger partial charge in [-0.15, -0.1) is 0 Å². The van der Waals surface area contributed by atoms with E-state index in [0.29, 0.717) is 25.2 Å². The minimum Gasteiger partial charge on any atom is -0.508 e. The molecule has 0 aliphatic heterocycles. The Balaban J connectivity index is 2.41. The average molecular weight is 495 g/mol. The van der Waals surface area contributed by atoms with Gasteiger partial charge in [-0.25, -0.2) is 4.79 Å². The van der Waals surface area contributed by atoms with Crippen LogP contribution in [0.2, 0.25) is 0 Å². The van der Waals surface area contributed by atoms with E-state index in [1.807, 2.05) is 19.1 Å². The van der Waals surface area contributed by atoms with Gasteiger partial charge in [0, 0.05) is 6.42 Å². The summed E-state index contributed by atoms with van der Waals surface area (Å²) in [6.07, 6.45) is 4.27. The van der Waals surface area contributed by atoms with Gasteiger partial charge < -0.3 is 20.9 Å². The lowest BCUT2D eigenvalue weighted by molar-refractivity contribution is -0.165. The lowest BCUT2D eigenvalue weighted by atomic mass is 9.56. The number of phenols is 1. The zero-order valence-corrected chi connectivity index (χ0v) is 22.4. The van der Waals surface area contributed by atoms with Crippen molar-refractivity contribution in [1.82, 2.24) is 5.32 Å². The summed E-state index contributed by atoms with van der Waals surface area (Å²) in [5.74, 6) is 0.352. The summed E-state index contributed by atoms with van der Waals surface area (Å²) in [5.41, 5.74) is 7.86. The molecule has 1 aliphatic rings. The van der Waals surface area contributed by atoms with Gasteiger partial charge in [0.05, 0.1) is 17.6 Å². The minimum absolute atomic E-state index is 0.149. The van der Waals surface area contributed by atoms with Crippen LogP contribution in [0.1, 0.15) is 101 Å². The fourth-order valence-electron chi connectivity index (χ4n) is 5.92. The summed E-state index contributed by atoms with van der Waals surface area (Å²) in [5, 5.41) is 13.1. The molecule has 3 rings (SSSR count). The van der Waals surface area contributed by atoms with E-state index < -0.39 is 17.0 Å². The molecule has 2 aromatic rings. The van der Waals surface area contributed by atoms with Gasteiger partial charge in [-0.05, 0) is 66.0 Å². The molecule has 1 unspecified atom stereocenters. The number of nitrogens with one attached hydrogen (secondary N) is 1. The van der Waals surface area contributed by atoms with Crippen LogP contribution in [0, 0.1) is 5.41 Å². The highest BCUT2D eigenvalue weighted by atomic mass is 16.5. The zero-order valence-electron chi connectivity index (χ0n) is 22.4. The number of hydrogen-bond acceptors (Lipinski definition) is 4. The number of carbonyl (C=O) groups is 2. The van der Waals surface area contributed by atoms with E-state index in [2.05, 4.69) is 51.2 Å². The Morgan fingerprint density at radius 3 is 2.19 bits per heavy atom. The molecule has 196 valence electrons. The SMILES string of the molecule is CCOC(=O)C1(C(Cc2ccc(O)cc2)(NC(N)=O)c2ccc(C(C)C)cc2C(C)C)CCCCC1. The Kier molecular flexibility index (Phi) is 8.70. The van der Waals surface area contributed by atoms with Crippen molar-refractivity contribution in [1.29, 1.82) is 0 Å². The minimum atomic E-state index is -1.13. The molecular formula is C30H42N2O4. The van der Waals surface area contributed by atoms with Gasteiger partial charge in [0.15, 0.2) is 0 Å². The van der Waals surface area contributed by atoms with E-state index in [1.165, 1.54) is 5.56 Å². The number of ether oxygens (including phenoxy) is 1. The Bertz CT molecular complexity index is 1060. The molecule has 0 spiro atoms. The number of rotatable bonds is 9. The van der Waals surface area contributed by atoms with Gasteiger partial charge in [-0.2, -0.15) is 0 Å². The Hall–Kier alpha value is -3.02. The van der Waals surface area contributed by atoms with Crippen molar-refractivity contribution in [3.05, 3.63) is 64.7 Å². The molecular weight excluding hydrogens is 452 g/mol. The fourth-order valence-corrected chi connectivity index (χ4v) is 5.92. The van der Waals surface area contributed by atoms with E-state index in [-0.39, 0.29) is 24.2 Å². The maximum Gasteiger partial charge on any atom is 0.314 e. The van der Waals surface area contributed by atoms with Gasteiger partial charge in [-0.3, -0.25) is 4.79 Å². The maximum absolute atomic E-state index is 14.0. The molecule has 36 heavy (non-hydrogen) atoms. The van der Waals surface area contributed by atoms with Gasteiger partial charge in [0.2, 0.25) is 0 Å². The highest BCUT2D eigenvalue weighted by Gasteiger charge is 2.59. The van der Waals surface area contributed by atoms with Crippen LogP contribution in [0.4, 0.5) is 4.79 Å². The third kappa shape index (κ3) is 5.37. The van der Waals surface area contributed by atoms with Crippen molar-refractivity contribution >= 4 is 12.0 Å². The van der Waals surface area contributed by atoms with Crippen molar-refractivity contribution < 1.29 is 19.4 Å². The van der Waals surface area contributed by atoms with Gasteiger partial charge in [0.1, 0.15) is 5.75 Å². The van der Waals surface area contributed by atoms with Crippen LogP contribution in [0.3, 0.4) is 0 Å². The number of urea groups is 1. The number of esters is 1. The van der Waals surface area contributed by atoms with E-state index in [9.17, 15) is 14.7 Å². The molecule has 2 amide bonds. The second-order valence-corrected chi connectivity index (χ2v) is 10.8. The Labute approximate surface area is 215 Å². The normalized spacial score (nSPS) is 17.0. The monoisotopic (exact) mass is 494 g/mol. The van der Waals surface area contributed by atoms with Crippen LogP contribution in [-0.2, 0) is 21.5 Å². The summed E-state index contributed by atoms with van der Waals surface area (Å²) in [6.45, 7) is 10.7. The first-order valence-corrected chi connectivity index (χ1v) is 13.2. The first kappa shape index (κ1) is 27.6. The van der Waals surface area contributed by atoms with Crippen LogP contribution >= 0.6 is 0 Å². The van der Waals surface area contributed by atoms with Crippen LogP contribution in [0.15, 0.2) is 42.5 Å². The molecule has 6 nitrogen and oxygen atoms in total. The largest absolute Gasteiger partial charge is 0.508 e. The van der Waals surface area contributed by atoms with Gasteiger partial charge >= 0.3 is 12.0 Å². The smallest absolute Gasteiger partial charge is 0.314 e. The van der Waals surface area contributed by atoms with Gasteiger partial charge in [0.25, 0.3) is 0 Å². The number of hydrogen-bond donors (Lipinski definition) is 3. The number of benzene rings is 2. The molecule has 4 N–H and O–H groups in total. The van der Waals surface area contributed by atoms with E-state index in [1.54, 1.807) is 12.1 Å². The summed E-state index contributed by atoms with van der Waals surface area (Å²) in [4.78, 5) is 26.7. The summed E-state index contributed by atoms with van der Waals surface area (Å²) in [6, 6.07) is 12.7. The topological polar surface area (TPSA) is 102 Å². The first-order chi connectivity index (χ1) is 17.1. The van der Waals surface area contributed by atoms with Crippen LogP contribution in [0.25, 0.3) is 0 Å². The molecule has 1 fully saturated rings. The highest BCUT2D eigenvalue weighted by Crippen LogP contribution is 2.54. The van der Waals surface area contributed by atoms with Crippen molar-refractivity contribution in [3.8, 4) is 5.75 Å². The maximum atomic E-state index is 14.0. The molecule has 0 saturated heterocycles. The molecule has 0 aromatic heterocycles. The molecule has 0 bridgehead atoms. The number of aromatic hydroxyl groups is 1. The molecule has 1 aliphatic carbocycles. The van der Waals surface area contributed by atoms with E-state index >= 15 is 0 Å². The summed E-state index contributed by atoms with van der Waals surface area (Å²) < 4.78 is 5.74. The Morgan fingerprint density at radius 1 is 1.03 bits per heavy atom. The molecule has 1 saturated carbocycles. The second kappa shape index (κ2) is 11.4. The van der Waals surface area contributed by atoms with E-state index in [0.717, 1.165) is 36.0 Å². The number of amides is 2. The lowest BCUT2D eigenvalue weighted by Gasteiger charge is -2.52. The second-order valence-electron chi connectivity index (χ2n) is 10.8. The number of phenolic OH excluding ortho intramolecular Hbond substituents is 1. The first-order valence-electron chi connectivity index (χ1n) is 13.2. The average Bonchev–Trinajstić information content (AvgIpc) is 2.84. The standard InChI is InChI=1S/C30H42N2O4/c1-6-36-27(34)29(16-8-7-9-17-29)30(32-28(31)35,19-22-10-13-24(33)14-11-22)26-15-12-23(20(2)3)18-25(26)21(4)5/h10-15,18,20-21,33H,6-9,16-17,19H2,1-5H3,(H3,31,32,35). The molecule has 0 heterocycles. The molecule has 2 aromatic carbocycles. The third-order valence-electron chi connectivity index (χ3n) is 7.76. The van der Waals surface area contributed by atoms with Crippen molar-refractivity contribution in [3.63, 3.8) is 0 Å². The zero-order chi connectivity index (χ0) is 26.5. The van der Waals surface area contributed by atoms with E-state index in [4.69, 9.17) is 10.5 Å². The Morgan fingerprint density at radius 2 is 1.67 bits per heavy atom. The van der Waals surface area contributed by atoms with Crippen LogP contribution < -0.4 is 11.1 Å². The lowest BCUT2D eigenvalue weighted by Crippen LogP contribution is -2.64. The van der Waals surface area contributed by atoms with Crippen molar-refractivity contribution in [2.24, 2.45) is 11.1 Å². The number of nitrogens with two attached hydrogens (primary N) is 1. The fraction of sp³-hybridized carbons (Fsp3) is 0.533. The highest BCUT2D eigenvalue weighted by molar-refractivity contribution is 5.82. The molecule has 0 radical (unpaired) electrons. The summed E-state index contributed by atoms with van der Waals surface area (Å²) >= 11 is 0. The van der Waals surface area contributed by atoms with Crippen molar-refractivity contribution in [2.45, 2.75) is 90.5 Å². The third-order valence-corrected chi connectivity index (χ3v) is 7.76. The number of carbonyl (C=O) groups excluding carboxylic acids is 2. The van der Waals surface area contributed by atoms with Crippen molar-refractivity contribution in [2.75, 3.05) is 6.61 Å². The van der Waals surface area contributed by atoms with Gasteiger partial charge in [-0.1, -0.05) is 77.3 Å².